The summed E-state index contributed by atoms with van der Waals surface area (Å²) in [4.78, 5) is 26.2. The van der Waals surface area contributed by atoms with Crippen molar-refractivity contribution in [2.24, 2.45) is 0 Å². The molecule has 2 aromatic rings. The van der Waals surface area contributed by atoms with E-state index in [0.717, 1.165) is 16.5 Å². The van der Waals surface area contributed by atoms with Crippen LogP contribution in [-0.4, -0.2) is 41.5 Å². The molecule has 1 saturated heterocycles. The van der Waals surface area contributed by atoms with Crippen LogP contribution in [0.1, 0.15) is 57.8 Å². The zero-order chi connectivity index (χ0) is 25.4. The van der Waals surface area contributed by atoms with Crippen molar-refractivity contribution in [3.63, 3.8) is 0 Å². The highest BCUT2D eigenvalue weighted by Crippen LogP contribution is 2.35. The van der Waals surface area contributed by atoms with E-state index in [4.69, 9.17) is 20.8 Å². The minimum absolute atomic E-state index is 0.0810. The first kappa shape index (κ1) is 25.2. The SMILES string of the molecule is CC(C)(C)OC(=O)NCc1cc2cc(C3=CC=C(C(=O)N4CCC(F)(F)CC4)CC3)cc(Cl)c2o1. The van der Waals surface area contributed by atoms with Crippen LogP contribution in [0.2, 0.25) is 5.02 Å². The summed E-state index contributed by atoms with van der Waals surface area (Å²) in [6.07, 6.45) is 3.72. The Hall–Kier alpha value is -2.87. The fourth-order valence-electron chi connectivity index (χ4n) is 4.21. The Labute approximate surface area is 207 Å². The van der Waals surface area contributed by atoms with Crippen molar-refractivity contribution in [2.45, 2.75) is 64.5 Å². The number of carbonyl (C=O) groups excluding carboxylic acids is 2. The van der Waals surface area contributed by atoms with E-state index in [2.05, 4.69) is 5.32 Å². The smallest absolute Gasteiger partial charge is 0.408 e. The first-order valence-corrected chi connectivity index (χ1v) is 12.0. The number of piperidine rings is 1. The third kappa shape index (κ3) is 6.23. The van der Waals surface area contributed by atoms with Gasteiger partial charge in [-0.25, -0.2) is 13.6 Å². The summed E-state index contributed by atoms with van der Waals surface area (Å²) in [6.45, 7) is 5.69. The second-order valence-electron chi connectivity index (χ2n) is 9.98. The Morgan fingerprint density at radius 1 is 1.14 bits per heavy atom. The molecular formula is C26H29ClF2N2O4. The predicted molar refractivity (Wildman–Crippen MR) is 130 cm³/mol. The number of hydrogen-bond acceptors (Lipinski definition) is 4. The minimum Gasteiger partial charge on any atom is -0.458 e. The van der Waals surface area contributed by atoms with Gasteiger partial charge < -0.3 is 19.4 Å². The Bertz CT molecular complexity index is 1200. The maximum absolute atomic E-state index is 13.4. The molecule has 1 aromatic heterocycles. The van der Waals surface area contributed by atoms with Crippen LogP contribution >= 0.6 is 11.6 Å². The van der Waals surface area contributed by atoms with E-state index in [1.54, 1.807) is 26.8 Å². The number of benzene rings is 1. The van der Waals surface area contributed by atoms with E-state index >= 15 is 0 Å². The van der Waals surface area contributed by atoms with E-state index in [1.165, 1.54) is 4.90 Å². The summed E-state index contributed by atoms with van der Waals surface area (Å²) in [7, 11) is 0. The Kier molecular flexibility index (Phi) is 6.95. The molecule has 0 unspecified atom stereocenters. The number of nitrogens with one attached hydrogen (secondary N) is 1. The molecule has 9 heteroatoms. The van der Waals surface area contributed by atoms with Gasteiger partial charge in [0, 0.05) is 36.9 Å². The highest BCUT2D eigenvalue weighted by atomic mass is 35.5. The molecule has 2 heterocycles. The number of rotatable bonds is 4. The lowest BCUT2D eigenvalue weighted by atomic mass is 9.92. The van der Waals surface area contributed by atoms with Gasteiger partial charge in [0.05, 0.1) is 11.6 Å². The molecule has 1 aliphatic heterocycles. The molecule has 35 heavy (non-hydrogen) atoms. The molecule has 1 aromatic carbocycles. The zero-order valence-electron chi connectivity index (χ0n) is 20.1. The van der Waals surface area contributed by atoms with Crippen LogP contribution < -0.4 is 5.32 Å². The molecule has 1 aliphatic carbocycles. The third-order valence-electron chi connectivity index (χ3n) is 6.00. The van der Waals surface area contributed by atoms with Crippen molar-refractivity contribution in [1.29, 1.82) is 0 Å². The number of nitrogens with zero attached hydrogens (tertiary/aromatic N) is 1. The largest absolute Gasteiger partial charge is 0.458 e. The molecule has 0 saturated carbocycles. The first-order chi connectivity index (χ1) is 16.4. The lowest BCUT2D eigenvalue weighted by molar-refractivity contribution is -0.133. The number of furan rings is 1. The van der Waals surface area contributed by atoms with Gasteiger partial charge in [-0.3, -0.25) is 4.79 Å². The maximum Gasteiger partial charge on any atom is 0.408 e. The second kappa shape index (κ2) is 9.64. The number of allylic oxidation sites excluding steroid dienone is 3. The normalized spacial score (nSPS) is 18.2. The summed E-state index contributed by atoms with van der Waals surface area (Å²) in [5, 5.41) is 3.91. The number of hydrogen-bond donors (Lipinski definition) is 1. The number of halogens is 3. The monoisotopic (exact) mass is 506 g/mol. The van der Waals surface area contributed by atoms with Crippen molar-refractivity contribution >= 4 is 40.1 Å². The molecule has 2 aliphatic rings. The van der Waals surface area contributed by atoms with Gasteiger partial charge in [-0.05, 0) is 62.9 Å². The van der Waals surface area contributed by atoms with Crippen LogP contribution in [0.4, 0.5) is 13.6 Å². The molecule has 1 fully saturated rings. The van der Waals surface area contributed by atoms with Gasteiger partial charge in [-0.2, -0.15) is 0 Å². The number of alkyl carbamates (subject to hydrolysis) is 1. The zero-order valence-corrected chi connectivity index (χ0v) is 20.8. The Morgan fingerprint density at radius 3 is 2.49 bits per heavy atom. The average Bonchev–Trinajstić information content (AvgIpc) is 3.20. The number of fused-ring (bicyclic) bond motifs is 1. The Balaban J connectivity index is 1.45. The van der Waals surface area contributed by atoms with E-state index in [9.17, 15) is 18.4 Å². The van der Waals surface area contributed by atoms with Crippen molar-refractivity contribution in [3.05, 3.63) is 52.3 Å². The topological polar surface area (TPSA) is 71.8 Å². The lowest BCUT2D eigenvalue weighted by Gasteiger charge is -2.32. The van der Waals surface area contributed by atoms with Crippen LogP contribution in [0.3, 0.4) is 0 Å². The van der Waals surface area contributed by atoms with Crippen molar-refractivity contribution in [3.8, 4) is 0 Å². The van der Waals surface area contributed by atoms with Gasteiger partial charge >= 0.3 is 6.09 Å². The Morgan fingerprint density at radius 2 is 1.86 bits per heavy atom. The maximum atomic E-state index is 13.4. The van der Waals surface area contributed by atoms with Gasteiger partial charge in [-0.15, -0.1) is 0 Å². The molecule has 1 N–H and O–H groups in total. The summed E-state index contributed by atoms with van der Waals surface area (Å²) in [5.74, 6) is -2.30. The number of carbonyl (C=O) groups is 2. The summed E-state index contributed by atoms with van der Waals surface area (Å²) in [5.41, 5.74) is 2.50. The quantitative estimate of drug-likeness (QED) is 0.515. The highest BCUT2D eigenvalue weighted by molar-refractivity contribution is 6.35. The average molecular weight is 507 g/mol. The van der Waals surface area contributed by atoms with Crippen LogP contribution in [0, 0.1) is 0 Å². The van der Waals surface area contributed by atoms with Gasteiger partial charge in [-0.1, -0.05) is 23.8 Å². The van der Waals surface area contributed by atoms with Gasteiger partial charge in [0.25, 0.3) is 5.92 Å². The molecule has 0 bridgehead atoms. The van der Waals surface area contributed by atoms with Crippen molar-refractivity contribution < 1.29 is 27.5 Å². The second-order valence-corrected chi connectivity index (χ2v) is 10.4. The van der Waals surface area contributed by atoms with Crippen LogP contribution in [0.15, 0.2) is 40.3 Å². The molecule has 2 amide bonds. The number of amides is 2. The number of alkyl halides is 2. The minimum atomic E-state index is -2.68. The number of likely N-dealkylation sites (tertiary alicyclic amines) is 1. The van der Waals surface area contributed by atoms with Gasteiger partial charge in [0.1, 0.15) is 11.4 Å². The standard InChI is InChI=1S/C26H29ClF2N2O4/c1-25(2,3)35-24(33)30-15-20-13-19-12-18(14-21(27)22(19)34-20)16-4-6-17(7-5-16)23(32)31-10-8-26(28,29)9-11-31/h4,6,12-14H,5,7-11,15H2,1-3H3,(H,30,33). The van der Waals surface area contributed by atoms with Crippen LogP contribution in [0.25, 0.3) is 16.5 Å². The third-order valence-corrected chi connectivity index (χ3v) is 6.29. The summed E-state index contributed by atoms with van der Waals surface area (Å²) < 4.78 is 37.9. The molecule has 0 spiro atoms. The van der Waals surface area contributed by atoms with Gasteiger partial charge in [0.15, 0.2) is 5.58 Å². The van der Waals surface area contributed by atoms with Crippen LogP contribution in [0.5, 0.6) is 0 Å². The lowest BCUT2D eigenvalue weighted by Crippen LogP contribution is -2.43. The van der Waals surface area contributed by atoms with Gasteiger partial charge in [0.2, 0.25) is 5.91 Å². The van der Waals surface area contributed by atoms with E-state index < -0.39 is 17.6 Å². The van der Waals surface area contributed by atoms with E-state index in [-0.39, 0.29) is 38.4 Å². The van der Waals surface area contributed by atoms with Crippen molar-refractivity contribution in [1.82, 2.24) is 10.2 Å². The molecular weight excluding hydrogens is 478 g/mol. The highest BCUT2D eigenvalue weighted by Gasteiger charge is 2.36. The fourth-order valence-corrected chi connectivity index (χ4v) is 4.47. The van der Waals surface area contributed by atoms with E-state index in [0.29, 0.717) is 34.8 Å². The van der Waals surface area contributed by atoms with Crippen molar-refractivity contribution in [2.75, 3.05) is 13.1 Å². The summed E-state index contributed by atoms with van der Waals surface area (Å²) >= 11 is 6.48. The molecule has 0 atom stereocenters. The molecule has 188 valence electrons. The molecule has 0 radical (unpaired) electrons. The summed E-state index contributed by atoms with van der Waals surface area (Å²) in [6, 6.07) is 5.60. The predicted octanol–water partition coefficient (Wildman–Crippen LogP) is 6.47. The molecule has 4 rings (SSSR count). The van der Waals surface area contributed by atoms with E-state index in [1.807, 2.05) is 24.3 Å². The fraction of sp³-hybridized carbons (Fsp3) is 0.462. The number of ether oxygens (including phenoxy) is 1. The first-order valence-electron chi connectivity index (χ1n) is 11.7. The van der Waals surface area contributed by atoms with Crippen LogP contribution in [-0.2, 0) is 16.1 Å². The molecule has 6 nitrogen and oxygen atoms in total.